The first-order valence-electron chi connectivity index (χ1n) is 5.05. The summed E-state index contributed by atoms with van der Waals surface area (Å²) in [5.41, 5.74) is 1.25. The Bertz CT molecular complexity index is 359. The van der Waals surface area contributed by atoms with Crippen LogP contribution in [0.3, 0.4) is 0 Å². The van der Waals surface area contributed by atoms with Gasteiger partial charge >= 0.3 is 5.97 Å². The van der Waals surface area contributed by atoms with Crippen molar-refractivity contribution in [2.45, 2.75) is 6.04 Å². The van der Waals surface area contributed by atoms with Crippen LogP contribution in [-0.4, -0.2) is 30.7 Å². The van der Waals surface area contributed by atoms with Crippen molar-refractivity contribution < 1.29 is 9.90 Å². The van der Waals surface area contributed by atoms with E-state index in [1.54, 1.807) is 12.1 Å². The van der Waals surface area contributed by atoms with Gasteiger partial charge in [0.25, 0.3) is 0 Å². The topological polar surface area (TPSA) is 61.4 Å². The Labute approximate surface area is 88.3 Å². The third-order valence-electron chi connectivity index (χ3n) is 2.61. The maximum absolute atomic E-state index is 11.0. The smallest absolute Gasteiger partial charge is 0.336 e. The van der Waals surface area contributed by atoms with Gasteiger partial charge in [-0.1, -0.05) is 18.2 Å². The van der Waals surface area contributed by atoms with Crippen molar-refractivity contribution in [3.8, 4) is 0 Å². The van der Waals surface area contributed by atoms with Crippen molar-refractivity contribution >= 4 is 5.97 Å². The number of carboxylic acids is 1. The lowest BCUT2D eigenvalue weighted by Gasteiger charge is -2.25. The van der Waals surface area contributed by atoms with Gasteiger partial charge in [0.1, 0.15) is 0 Å². The van der Waals surface area contributed by atoms with E-state index in [1.807, 2.05) is 12.1 Å². The fourth-order valence-electron chi connectivity index (χ4n) is 1.87. The molecule has 0 aliphatic carbocycles. The van der Waals surface area contributed by atoms with Gasteiger partial charge in [-0.15, -0.1) is 0 Å². The second kappa shape index (κ2) is 4.42. The molecule has 0 radical (unpaired) electrons. The monoisotopic (exact) mass is 206 g/mol. The van der Waals surface area contributed by atoms with E-state index in [0.29, 0.717) is 5.56 Å². The Hall–Kier alpha value is -1.39. The van der Waals surface area contributed by atoms with Crippen LogP contribution >= 0.6 is 0 Å². The Morgan fingerprint density at radius 1 is 1.33 bits per heavy atom. The van der Waals surface area contributed by atoms with Gasteiger partial charge in [0.15, 0.2) is 0 Å². The number of carboxylic acid groups (broad SMARTS) is 1. The van der Waals surface area contributed by atoms with E-state index < -0.39 is 5.97 Å². The van der Waals surface area contributed by atoms with E-state index in [4.69, 9.17) is 5.11 Å². The first-order valence-corrected chi connectivity index (χ1v) is 5.05. The minimum atomic E-state index is -0.863. The summed E-state index contributed by atoms with van der Waals surface area (Å²) in [4.78, 5) is 11.0. The number of hydrogen-bond acceptors (Lipinski definition) is 3. The standard InChI is InChI=1S/C11H14N2O2/c14-11(15)9-4-2-1-3-8(9)10-7-12-5-6-13-10/h1-4,10,12-13H,5-7H2,(H,14,15)/t10-/m0/s1. The zero-order valence-corrected chi connectivity index (χ0v) is 8.36. The average molecular weight is 206 g/mol. The zero-order chi connectivity index (χ0) is 10.7. The summed E-state index contributed by atoms with van der Waals surface area (Å²) in [6.45, 7) is 2.59. The fourth-order valence-corrected chi connectivity index (χ4v) is 1.87. The van der Waals surface area contributed by atoms with Crippen LogP contribution in [0.5, 0.6) is 0 Å². The van der Waals surface area contributed by atoms with Crippen molar-refractivity contribution in [3.05, 3.63) is 35.4 Å². The number of hydrogen-bond donors (Lipinski definition) is 3. The summed E-state index contributed by atoms with van der Waals surface area (Å²) >= 11 is 0. The molecule has 1 aliphatic rings. The van der Waals surface area contributed by atoms with Gasteiger partial charge < -0.3 is 15.7 Å². The largest absolute Gasteiger partial charge is 0.478 e. The molecule has 2 rings (SSSR count). The molecule has 80 valence electrons. The predicted molar refractivity (Wildman–Crippen MR) is 57.0 cm³/mol. The Kier molecular flexibility index (Phi) is 2.99. The maximum Gasteiger partial charge on any atom is 0.336 e. The number of carbonyl (C=O) groups is 1. The molecule has 1 saturated heterocycles. The molecule has 4 nitrogen and oxygen atoms in total. The molecule has 1 atom stereocenters. The van der Waals surface area contributed by atoms with E-state index in [9.17, 15) is 4.79 Å². The van der Waals surface area contributed by atoms with Crippen LogP contribution in [0.1, 0.15) is 22.0 Å². The van der Waals surface area contributed by atoms with Crippen LogP contribution < -0.4 is 10.6 Å². The third-order valence-corrected chi connectivity index (χ3v) is 2.61. The van der Waals surface area contributed by atoms with E-state index in [-0.39, 0.29) is 6.04 Å². The van der Waals surface area contributed by atoms with Crippen molar-refractivity contribution in [2.75, 3.05) is 19.6 Å². The normalized spacial score (nSPS) is 21.2. The summed E-state index contributed by atoms with van der Waals surface area (Å²) in [6.07, 6.45) is 0. The summed E-state index contributed by atoms with van der Waals surface area (Å²) in [7, 11) is 0. The molecule has 1 fully saturated rings. The summed E-state index contributed by atoms with van der Waals surface area (Å²) in [6, 6.07) is 7.25. The van der Waals surface area contributed by atoms with Crippen molar-refractivity contribution in [3.63, 3.8) is 0 Å². The highest BCUT2D eigenvalue weighted by Crippen LogP contribution is 2.18. The van der Waals surface area contributed by atoms with E-state index in [2.05, 4.69) is 10.6 Å². The number of rotatable bonds is 2. The molecule has 3 N–H and O–H groups in total. The minimum Gasteiger partial charge on any atom is -0.478 e. The van der Waals surface area contributed by atoms with E-state index in [0.717, 1.165) is 25.2 Å². The van der Waals surface area contributed by atoms with E-state index >= 15 is 0 Å². The third kappa shape index (κ3) is 2.16. The summed E-state index contributed by atoms with van der Waals surface area (Å²) in [5.74, 6) is -0.863. The lowest BCUT2D eigenvalue weighted by Crippen LogP contribution is -2.43. The van der Waals surface area contributed by atoms with Crippen LogP contribution in [0, 0.1) is 0 Å². The fraction of sp³-hybridized carbons (Fsp3) is 0.364. The Morgan fingerprint density at radius 2 is 2.13 bits per heavy atom. The second-order valence-electron chi connectivity index (χ2n) is 3.60. The lowest BCUT2D eigenvalue weighted by atomic mass is 9.99. The molecule has 1 heterocycles. The Morgan fingerprint density at radius 3 is 2.80 bits per heavy atom. The first kappa shape index (κ1) is 10.1. The maximum atomic E-state index is 11.0. The van der Waals surface area contributed by atoms with Gasteiger partial charge in [-0.3, -0.25) is 0 Å². The van der Waals surface area contributed by atoms with Crippen molar-refractivity contribution in [2.24, 2.45) is 0 Å². The number of piperazine rings is 1. The zero-order valence-electron chi connectivity index (χ0n) is 8.36. The van der Waals surface area contributed by atoms with Crippen LogP contribution in [-0.2, 0) is 0 Å². The van der Waals surface area contributed by atoms with Gasteiger partial charge in [-0.05, 0) is 11.6 Å². The lowest BCUT2D eigenvalue weighted by molar-refractivity contribution is 0.0694. The van der Waals surface area contributed by atoms with Gasteiger partial charge in [-0.2, -0.15) is 0 Å². The highest BCUT2D eigenvalue weighted by molar-refractivity contribution is 5.89. The SMILES string of the molecule is O=C(O)c1ccccc1[C@@H]1CNCCN1. The van der Waals surface area contributed by atoms with Crippen LogP contribution in [0.2, 0.25) is 0 Å². The van der Waals surface area contributed by atoms with Gasteiger partial charge in [-0.25, -0.2) is 4.79 Å². The molecule has 1 aliphatic heterocycles. The molecule has 0 saturated carbocycles. The highest BCUT2D eigenvalue weighted by Gasteiger charge is 2.19. The molecular weight excluding hydrogens is 192 g/mol. The summed E-state index contributed by atoms with van der Waals surface area (Å²) in [5, 5.41) is 15.6. The molecule has 0 spiro atoms. The van der Waals surface area contributed by atoms with Gasteiger partial charge in [0, 0.05) is 25.7 Å². The molecule has 0 aromatic heterocycles. The number of aromatic carboxylic acids is 1. The second-order valence-corrected chi connectivity index (χ2v) is 3.60. The molecule has 1 aromatic carbocycles. The van der Waals surface area contributed by atoms with Crippen molar-refractivity contribution in [1.82, 2.24) is 10.6 Å². The number of benzene rings is 1. The molecule has 4 heteroatoms. The van der Waals surface area contributed by atoms with Crippen LogP contribution in [0.25, 0.3) is 0 Å². The number of nitrogens with one attached hydrogen (secondary N) is 2. The van der Waals surface area contributed by atoms with Gasteiger partial charge in [0.2, 0.25) is 0 Å². The molecule has 0 amide bonds. The minimum absolute atomic E-state index is 0.103. The van der Waals surface area contributed by atoms with Gasteiger partial charge in [0.05, 0.1) is 5.56 Å². The van der Waals surface area contributed by atoms with Crippen LogP contribution in [0.15, 0.2) is 24.3 Å². The Balaban J connectivity index is 2.29. The molecule has 15 heavy (non-hydrogen) atoms. The predicted octanol–water partition coefficient (Wildman–Crippen LogP) is 0.619. The van der Waals surface area contributed by atoms with Crippen molar-refractivity contribution in [1.29, 1.82) is 0 Å². The molecule has 1 aromatic rings. The molecular formula is C11H14N2O2. The molecule has 0 unspecified atom stereocenters. The average Bonchev–Trinajstić information content (AvgIpc) is 2.30. The van der Waals surface area contributed by atoms with Crippen LogP contribution in [0.4, 0.5) is 0 Å². The highest BCUT2D eigenvalue weighted by atomic mass is 16.4. The first-order chi connectivity index (χ1) is 7.29. The quantitative estimate of drug-likeness (QED) is 0.664. The van der Waals surface area contributed by atoms with E-state index in [1.165, 1.54) is 0 Å². The summed E-state index contributed by atoms with van der Waals surface area (Å²) < 4.78 is 0. The molecule has 0 bridgehead atoms.